The minimum absolute atomic E-state index is 0.119. The fraction of sp³-hybridized carbons (Fsp3) is 0.435. The van der Waals surface area contributed by atoms with Gasteiger partial charge in [-0.3, -0.25) is 4.68 Å². The normalized spacial score (nSPS) is 14.1. The first-order valence-electron chi connectivity index (χ1n) is 11.1. The van der Waals surface area contributed by atoms with Gasteiger partial charge in [-0.25, -0.2) is 27.2 Å². The lowest BCUT2D eigenvalue weighted by atomic mass is 10.1. The summed E-state index contributed by atoms with van der Waals surface area (Å²) in [4.78, 5) is 8.29. The number of aromatic nitrogens is 4. The first kappa shape index (κ1) is 24.1. The van der Waals surface area contributed by atoms with Gasteiger partial charge in [-0.2, -0.15) is 5.10 Å². The number of nitrogens with zero attached hydrogens (tertiary/aromatic N) is 4. The SMILES string of the molecule is CCOc1cc(F)c(Cn2nc(-c3ncc(S(=O)(=O)C(C)C)c(N)n3)c(C)c2C2CC2)c(F)c1. The molecule has 0 aliphatic heterocycles. The zero-order valence-electron chi connectivity index (χ0n) is 19.5. The van der Waals surface area contributed by atoms with Crippen LogP contribution in [0.2, 0.25) is 0 Å². The second-order valence-corrected chi connectivity index (χ2v) is 11.1. The summed E-state index contributed by atoms with van der Waals surface area (Å²) < 4.78 is 61.2. The van der Waals surface area contributed by atoms with Crippen LogP contribution in [0.25, 0.3) is 11.5 Å². The Morgan fingerprint density at radius 3 is 2.41 bits per heavy atom. The van der Waals surface area contributed by atoms with Crippen molar-refractivity contribution in [3.05, 3.63) is 46.8 Å². The number of nitrogens with two attached hydrogens (primary N) is 1. The molecule has 2 N–H and O–H groups in total. The average molecular weight is 492 g/mol. The first-order chi connectivity index (χ1) is 16.0. The van der Waals surface area contributed by atoms with Crippen LogP contribution < -0.4 is 10.5 Å². The molecule has 4 rings (SSSR count). The molecule has 1 fully saturated rings. The molecule has 2 heterocycles. The Bertz CT molecular complexity index is 1330. The van der Waals surface area contributed by atoms with E-state index in [4.69, 9.17) is 10.5 Å². The van der Waals surface area contributed by atoms with Gasteiger partial charge in [0.15, 0.2) is 15.7 Å². The highest BCUT2D eigenvalue weighted by molar-refractivity contribution is 7.92. The van der Waals surface area contributed by atoms with E-state index >= 15 is 0 Å². The van der Waals surface area contributed by atoms with E-state index in [1.54, 1.807) is 25.5 Å². The summed E-state index contributed by atoms with van der Waals surface area (Å²) in [5, 5.41) is 3.89. The number of hydrogen-bond donors (Lipinski definition) is 1. The standard InChI is InChI=1S/C23H27F2N5O3S/c1-5-33-15-8-17(24)16(18(25)9-15)11-30-21(14-6-7-14)13(4)20(29-30)23-27-10-19(22(26)28-23)34(31,32)12(2)3/h8-10,12,14H,5-7,11H2,1-4H3,(H2,26,27,28). The van der Waals surface area contributed by atoms with Crippen LogP contribution in [0.1, 0.15) is 56.4 Å². The van der Waals surface area contributed by atoms with Crippen LogP contribution in [0, 0.1) is 18.6 Å². The Kier molecular flexibility index (Phi) is 6.32. The average Bonchev–Trinajstić information content (AvgIpc) is 3.53. The van der Waals surface area contributed by atoms with E-state index in [-0.39, 0.29) is 40.3 Å². The Hall–Kier alpha value is -3.08. The third kappa shape index (κ3) is 4.36. The van der Waals surface area contributed by atoms with Crippen LogP contribution in [-0.2, 0) is 16.4 Å². The van der Waals surface area contributed by atoms with Gasteiger partial charge in [-0.1, -0.05) is 0 Å². The van der Waals surface area contributed by atoms with Crippen molar-refractivity contribution in [2.45, 2.75) is 63.1 Å². The van der Waals surface area contributed by atoms with Gasteiger partial charge in [0.25, 0.3) is 0 Å². The summed E-state index contributed by atoms with van der Waals surface area (Å²) in [6, 6.07) is 2.32. The van der Waals surface area contributed by atoms with Gasteiger partial charge in [-0.15, -0.1) is 0 Å². The van der Waals surface area contributed by atoms with Crippen molar-refractivity contribution in [2.24, 2.45) is 0 Å². The lowest BCUT2D eigenvalue weighted by Crippen LogP contribution is -2.17. The summed E-state index contributed by atoms with van der Waals surface area (Å²) in [6.45, 7) is 6.86. The molecule has 1 aliphatic rings. The summed E-state index contributed by atoms with van der Waals surface area (Å²) in [5.41, 5.74) is 7.87. The number of nitrogen functional groups attached to an aromatic ring is 1. The maximum atomic E-state index is 14.7. The molecular formula is C23H27F2N5O3S. The smallest absolute Gasteiger partial charge is 0.185 e. The highest BCUT2D eigenvalue weighted by Crippen LogP contribution is 2.44. The van der Waals surface area contributed by atoms with Gasteiger partial charge in [0, 0.05) is 34.9 Å². The van der Waals surface area contributed by atoms with Crippen molar-refractivity contribution in [3.8, 4) is 17.3 Å². The molecular weight excluding hydrogens is 464 g/mol. The van der Waals surface area contributed by atoms with Gasteiger partial charge >= 0.3 is 0 Å². The van der Waals surface area contributed by atoms with E-state index in [9.17, 15) is 17.2 Å². The molecule has 1 aliphatic carbocycles. The highest BCUT2D eigenvalue weighted by atomic mass is 32.2. The second kappa shape index (κ2) is 8.94. The number of ether oxygens (including phenoxy) is 1. The first-order valence-corrected chi connectivity index (χ1v) is 12.6. The van der Waals surface area contributed by atoms with E-state index in [2.05, 4.69) is 15.1 Å². The molecule has 8 nitrogen and oxygen atoms in total. The van der Waals surface area contributed by atoms with Gasteiger partial charge in [0.2, 0.25) is 0 Å². The number of benzene rings is 1. The van der Waals surface area contributed by atoms with Crippen molar-refractivity contribution >= 4 is 15.7 Å². The molecule has 0 bridgehead atoms. The topological polar surface area (TPSA) is 113 Å². The van der Waals surface area contributed by atoms with Crippen LogP contribution in [0.3, 0.4) is 0 Å². The zero-order chi connectivity index (χ0) is 24.8. The van der Waals surface area contributed by atoms with Crippen LogP contribution in [0.15, 0.2) is 23.2 Å². The Morgan fingerprint density at radius 1 is 1.24 bits per heavy atom. The molecule has 2 aromatic heterocycles. The van der Waals surface area contributed by atoms with E-state index < -0.39 is 26.7 Å². The van der Waals surface area contributed by atoms with Crippen molar-refractivity contribution in [1.82, 2.24) is 19.7 Å². The van der Waals surface area contributed by atoms with Gasteiger partial charge < -0.3 is 10.5 Å². The van der Waals surface area contributed by atoms with Gasteiger partial charge in [0.05, 0.1) is 24.6 Å². The zero-order valence-corrected chi connectivity index (χ0v) is 20.3. The molecule has 0 amide bonds. The van der Waals surface area contributed by atoms with E-state index in [1.165, 1.54) is 6.20 Å². The fourth-order valence-electron chi connectivity index (χ4n) is 3.87. The number of rotatable bonds is 8. The van der Waals surface area contributed by atoms with Gasteiger partial charge in [-0.05, 0) is 40.5 Å². The van der Waals surface area contributed by atoms with E-state index in [1.807, 2.05) is 6.92 Å². The molecule has 0 saturated heterocycles. The molecule has 0 atom stereocenters. The number of anilines is 1. The molecule has 1 saturated carbocycles. The molecule has 0 spiro atoms. The highest BCUT2D eigenvalue weighted by Gasteiger charge is 2.33. The second-order valence-electron chi connectivity index (χ2n) is 8.63. The van der Waals surface area contributed by atoms with Crippen LogP contribution in [-0.4, -0.2) is 40.0 Å². The number of hydrogen-bond acceptors (Lipinski definition) is 7. The van der Waals surface area contributed by atoms with Crippen molar-refractivity contribution < 1.29 is 21.9 Å². The van der Waals surface area contributed by atoms with Crippen LogP contribution in [0.5, 0.6) is 5.75 Å². The summed E-state index contributed by atoms with van der Waals surface area (Å²) in [5.74, 6) is -1.10. The van der Waals surface area contributed by atoms with E-state index in [0.717, 1.165) is 36.2 Å². The van der Waals surface area contributed by atoms with Crippen molar-refractivity contribution in [1.29, 1.82) is 0 Å². The molecule has 1 aromatic carbocycles. The third-order valence-electron chi connectivity index (χ3n) is 5.86. The monoisotopic (exact) mass is 491 g/mol. The molecule has 182 valence electrons. The summed E-state index contributed by atoms with van der Waals surface area (Å²) in [7, 11) is -3.65. The lowest BCUT2D eigenvalue weighted by molar-refractivity contribution is 0.335. The lowest BCUT2D eigenvalue weighted by Gasteiger charge is -2.11. The fourth-order valence-corrected chi connectivity index (χ4v) is 4.92. The van der Waals surface area contributed by atoms with Crippen molar-refractivity contribution in [3.63, 3.8) is 0 Å². The van der Waals surface area contributed by atoms with Crippen LogP contribution >= 0.6 is 0 Å². The quantitative estimate of drug-likeness (QED) is 0.506. The Balaban J connectivity index is 1.75. The van der Waals surface area contributed by atoms with E-state index in [0.29, 0.717) is 12.3 Å². The molecule has 3 aromatic rings. The largest absolute Gasteiger partial charge is 0.494 e. The molecule has 0 unspecified atom stereocenters. The number of sulfone groups is 1. The van der Waals surface area contributed by atoms with Crippen LogP contribution in [0.4, 0.5) is 14.6 Å². The minimum Gasteiger partial charge on any atom is -0.494 e. The third-order valence-corrected chi connectivity index (χ3v) is 8.03. The van der Waals surface area contributed by atoms with Crippen molar-refractivity contribution in [2.75, 3.05) is 12.3 Å². The molecule has 0 radical (unpaired) electrons. The Labute approximate surface area is 197 Å². The number of halogens is 2. The predicted molar refractivity (Wildman–Crippen MR) is 123 cm³/mol. The molecule has 11 heteroatoms. The summed E-state index contributed by atoms with van der Waals surface area (Å²) >= 11 is 0. The molecule has 34 heavy (non-hydrogen) atoms. The minimum atomic E-state index is -3.65. The van der Waals surface area contributed by atoms with Gasteiger partial charge in [0.1, 0.15) is 33.8 Å². The maximum absolute atomic E-state index is 14.7. The maximum Gasteiger partial charge on any atom is 0.185 e. The summed E-state index contributed by atoms with van der Waals surface area (Å²) in [6.07, 6.45) is 3.07. The Morgan fingerprint density at radius 2 is 1.88 bits per heavy atom. The predicted octanol–water partition coefficient (Wildman–Crippen LogP) is 4.02.